The van der Waals surface area contributed by atoms with Crippen LogP contribution in [-0.4, -0.2) is 48.1 Å². The van der Waals surface area contributed by atoms with Crippen molar-refractivity contribution in [1.29, 1.82) is 0 Å². The van der Waals surface area contributed by atoms with Crippen molar-refractivity contribution in [1.82, 2.24) is 14.9 Å². The van der Waals surface area contributed by atoms with Gasteiger partial charge in [0.1, 0.15) is 11.5 Å². The van der Waals surface area contributed by atoms with Gasteiger partial charge in [0.15, 0.2) is 0 Å². The summed E-state index contributed by atoms with van der Waals surface area (Å²) in [6.45, 7) is 4.46. The maximum atomic E-state index is 15.1. The smallest absolute Gasteiger partial charge is 0.138 e. The second-order valence-corrected chi connectivity index (χ2v) is 10.4. The van der Waals surface area contributed by atoms with E-state index in [0.29, 0.717) is 11.5 Å². The Bertz CT molecular complexity index is 1090. The van der Waals surface area contributed by atoms with Crippen molar-refractivity contribution >= 4 is 16.7 Å². The van der Waals surface area contributed by atoms with E-state index in [2.05, 4.69) is 38.9 Å². The number of nitrogens with zero attached hydrogens (tertiary/aromatic N) is 3. The van der Waals surface area contributed by atoms with Crippen molar-refractivity contribution in [2.24, 2.45) is 11.8 Å². The SMILES string of the molecule is CN1CCC(c2cc3c(-c4cc(N(CC5CC5)CC5CC5)ccc4F)ccnc3[nH]2)CC1. The number of rotatable bonds is 7. The molecule has 0 radical (unpaired) electrons. The number of nitrogens with one attached hydrogen (secondary N) is 1. The van der Waals surface area contributed by atoms with Crippen LogP contribution in [0.15, 0.2) is 36.5 Å². The van der Waals surface area contributed by atoms with Crippen LogP contribution in [0.25, 0.3) is 22.2 Å². The number of aromatic nitrogens is 2. The van der Waals surface area contributed by atoms with Gasteiger partial charge < -0.3 is 14.8 Å². The molecule has 1 aliphatic heterocycles. The van der Waals surface area contributed by atoms with Gasteiger partial charge in [0, 0.05) is 47.5 Å². The Hall–Kier alpha value is -2.40. The van der Waals surface area contributed by atoms with Crippen molar-refractivity contribution in [2.75, 3.05) is 38.1 Å². The number of fused-ring (bicyclic) bond motifs is 1. The highest BCUT2D eigenvalue weighted by Gasteiger charge is 2.30. The van der Waals surface area contributed by atoms with E-state index >= 15 is 4.39 Å². The fraction of sp³-hybridized carbons (Fsp3) is 0.519. The highest BCUT2D eigenvalue weighted by Crippen LogP contribution is 2.39. The zero-order valence-electron chi connectivity index (χ0n) is 19.0. The number of H-pyrrole nitrogens is 1. The number of anilines is 1. The summed E-state index contributed by atoms with van der Waals surface area (Å²) in [4.78, 5) is 13.0. The minimum absolute atomic E-state index is 0.152. The summed E-state index contributed by atoms with van der Waals surface area (Å²) in [5.41, 5.74) is 4.92. The number of halogens is 1. The molecule has 5 heteroatoms. The lowest BCUT2D eigenvalue weighted by molar-refractivity contribution is 0.254. The first-order valence-corrected chi connectivity index (χ1v) is 12.3. The monoisotopic (exact) mass is 432 g/mol. The fourth-order valence-electron chi connectivity index (χ4n) is 5.25. The zero-order chi connectivity index (χ0) is 21.7. The Labute approximate surface area is 189 Å². The average Bonchev–Trinajstić information content (AvgIpc) is 3.73. The van der Waals surface area contributed by atoms with Crippen LogP contribution in [0.2, 0.25) is 0 Å². The third-order valence-corrected chi connectivity index (χ3v) is 7.67. The molecule has 1 aromatic carbocycles. The molecule has 3 aromatic rings. The molecule has 0 spiro atoms. The summed E-state index contributed by atoms with van der Waals surface area (Å²) < 4.78 is 15.1. The molecule has 2 aliphatic carbocycles. The van der Waals surface area contributed by atoms with Gasteiger partial charge in [-0.25, -0.2) is 9.37 Å². The molecule has 3 fully saturated rings. The molecule has 2 aromatic heterocycles. The minimum Gasteiger partial charge on any atom is -0.371 e. The largest absolute Gasteiger partial charge is 0.371 e. The van der Waals surface area contributed by atoms with Crippen LogP contribution in [0.3, 0.4) is 0 Å². The Balaban J connectivity index is 1.35. The maximum Gasteiger partial charge on any atom is 0.138 e. The first kappa shape index (κ1) is 20.2. The van der Waals surface area contributed by atoms with Gasteiger partial charge in [-0.15, -0.1) is 0 Å². The van der Waals surface area contributed by atoms with Crippen LogP contribution in [0.1, 0.15) is 50.1 Å². The molecule has 1 N–H and O–H groups in total. The Kier molecular flexibility index (Phi) is 5.17. The van der Waals surface area contributed by atoms with E-state index < -0.39 is 0 Å². The van der Waals surface area contributed by atoms with E-state index in [1.165, 1.54) is 31.4 Å². The maximum absolute atomic E-state index is 15.1. The molecule has 0 atom stereocenters. The highest BCUT2D eigenvalue weighted by molar-refractivity contribution is 5.94. The summed E-state index contributed by atoms with van der Waals surface area (Å²) in [6.07, 6.45) is 9.46. The molecular weight excluding hydrogens is 399 g/mol. The van der Waals surface area contributed by atoms with E-state index in [9.17, 15) is 0 Å². The number of pyridine rings is 1. The normalized spacial score (nSPS) is 20.2. The van der Waals surface area contributed by atoms with Gasteiger partial charge in [-0.1, -0.05) is 0 Å². The molecule has 1 saturated heterocycles. The van der Waals surface area contributed by atoms with Gasteiger partial charge in [-0.3, -0.25) is 0 Å². The van der Waals surface area contributed by atoms with E-state index in [-0.39, 0.29) is 5.82 Å². The van der Waals surface area contributed by atoms with Crippen LogP contribution in [0, 0.1) is 17.7 Å². The molecule has 4 nitrogen and oxygen atoms in total. The number of likely N-dealkylation sites (tertiary alicyclic amines) is 1. The molecule has 0 bridgehead atoms. The van der Waals surface area contributed by atoms with Gasteiger partial charge in [0.05, 0.1) is 0 Å². The summed E-state index contributed by atoms with van der Waals surface area (Å²) >= 11 is 0. The Morgan fingerprint density at radius 3 is 2.38 bits per heavy atom. The number of hydrogen-bond acceptors (Lipinski definition) is 3. The minimum atomic E-state index is -0.152. The second kappa shape index (κ2) is 8.18. The number of benzene rings is 1. The van der Waals surface area contributed by atoms with Crippen molar-refractivity contribution in [3.63, 3.8) is 0 Å². The van der Waals surface area contributed by atoms with Crippen LogP contribution >= 0.6 is 0 Å². The number of piperidine rings is 1. The highest BCUT2D eigenvalue weighted by atomic mass is 19.1. The van der Waals surface area contributed by atoms with E-state index in [1.54, 1.807) is 6.07 Å². The number of hydrogen-bond donors (Lipinski definition) is 1. The van der Waals surface area contributed by atoms with Gasteiger partial charge in [-0.2, -0.15) is 0 Å². The lowest BCUT2D eigenvalue weighted by Crippen LogP contribution is -2.29. The van der Waals surface area contributed by atoms with E-state index in [1.807, 2.05) is 18.3 Å². The van der Waals surface area contributed by atoms with Crippen molar-refractivity contribution < 1.29 is 4.39 Å². The quantitative estimate of drug-likeness (QED) is 0.512. The lowest BCUT2D eigenvalue weighted by atomic mass is 9.93. The predicted molar refractivity (Wildman–Crippen MR) is 129 cm³/mol. The molecule has 0 amide bonds. The van der Waals surface area contributed by atoms with Crippen LogP contribution in [0.5, 0.6) is 0 Å². The lowest BCUT2D eigenvalue weighted by Gasteiger charge is -2.28. The first-order valence-electron chi connectivity index (χ1n) is 12.3. The molecule has 32 heavy (non-hydrogen) atoms. The van der Waals surface area contributed by atoms with Gasteiger partial charge >= 0.3 is 0 Å². The van der Waals surface area contributed by atoms with E-state index in [0.717, 1.165) is 73.1 Å². The molecule has 168 valence electrons. The summed E-state index contributed by atoms with van der Waals surface area (Å²) in [7, 11) is 2.19. The third kappa shape index (κ3) is 4.15. The first-order chi connectivity index (χ1) is 15.6. The van der Waals surface area contributed by atoms with Gasteiger partial charge in [-0.05, 0) is 106 Å². The number of aromatic amines is 1. The standard InChI is InChI=1S/C27H33FN4/c1-31-12-9-20(10-13-31)26-15-24-22(8-11-29-27(24)30-26)23-14-21(6-7-25(23)28)32(16-18-2-3-18)17-19-4-5-19/h6-8,11,14-15,18-20H,2-5,9-10,12-13,16-17H2,1H3,(H,29,30). The fourth-order valence-corrected chi connectivity index (χ4v) is 5.25. The zero-order valence-corrected chi connectivity index (χ0v) is 19.0. The van der Waals surface area contributed by atoms with Crippen molar-refractivity contribution in [2.45, 2.75) is 44.4 Å². The van der Waals surface area contributed by atoms with Crippen LogP contribution in [0.4, 0.5) is 10.1 Å². The predicted octanol–water partition coefficient (Wildman–Crippen LogP) is 5.80. The van der Waals surface area contributed by atoms with E-state index in [4.69, 9.17) is 0 Å². The summed E-state index contributed by atoms with van der Waals surface area (Å²) in [5.74, 6) is 2.01. The average molecular weight is 433 g/mol. The molecular formula is C27H33FN4. The van der Waals surface area contributed by atoms with Crippen LogP contribution < -0.4 is 4.90 Å². The Morgan fingerprint density at radius 1 is 0.969 bits per heavy atom. The molecule has 0 unspecified atom stereocenters. The van der Waals surface area contributed by atoms with Gasteiger partial charge in [0.25, 0.3) is 0 Å². The molecule has 6 rings (SSSR count). The Morgan fingerprint density at radius 2 is 1.69 bits per heavy atom. The second-order valence-electron chi connectivity index (χ2n) is 10.4. The van der Waals surface area contributed by atoms with Gasteiger partial charge in [0.2, 0.25) is 0 Å². The molecule has 3 aliphatic rings. The third-order valence-electron chi connectivity index (χ3n) is 7.67. The van der Waals surface area contributed by atoms with Crippen molar-refractivity contribution in [3.8, 4) is 11.1 Å². The molecule has 3 heterocycles. The summed E-state index contributed by atoms with van der Waals surface area (Å²) in [5, 5.41) is 1.04. The van der Waals surface area contributed by atoms with Crippen molar-refractivity contribution in [3.05, 3.63) is 48.0 Å². The topological polar surface area (TPSA) is 35.2 Å². The van der Waals surface area contributed by atoms with Crippen LogP contribution in [-0.2, 0) is 0 Å². The molecule has 2 saturated carbocycles. The summed E-state index contributed by atoms with van der Waals surface area (Å²) in [6, 6.07) is 9.92.